The van der Waals surface area contributed by atoms with Crippen LogP contribution in [0.15, 0.2) is 34.4 Å². The van der Waals surface area contributed by atoms with Gasteiger partial charge in [-0.1, -0.05) is 23.7 Å². The SMILES string of the molecule is CCOC(C)CCN=C(NC#N)N1CC(N2CCCC2=O)C(c2ccc(Cl)cc2)=N1. The van der Waals surface area contributed by atoms with Crippen molar-refractivity contribution >= 4 is 29.2 Å². The van der Waals surface area contributed by atoms with Gasteiger partial charge in [0.2, 0.25) is 11.9 Å². The molecule has 1 aromatic rings. The first-order valence-electron chi connectivity index (χ1n) is 10.3. The molecule has 9 heteroatoms. The second kappa shape index (κ2) is 10.4. The summed E-state index contributed by atoms with van der Waals surface area (Å²) in [4.78, 5) is 18.8. The maximum absolute atomic E-state index is 12.4. The van der Waals surface area contributed by atoms with Crippen LogP contribution < -0.4 is 5.32 Å². The molecule has 0 aromatic heterocycles. The molecule has 2 heterocycles. The summed E-state index contributed by atoms with van der Waals surface area (Å²) in [5.41, 5.74) is 1.67. The Hall–Kier alpha value is -2.63. The van der Waals surface area contributed by atoms with Crippen molar-refractivity contribution in [1.29, 1.82) is 5.26 Å². The van der Waals surface area contributed by atoms with Gasteiger partial charge >= 0.3 is 0 Å². The smallest absolute Gasteiger partial charge is 0.228 e. The van der Waals surface area contributed by atoms with E-state index in [1.807, 2.05) is 49.2 Å². The monoisotopic (exact) mass is 430 g/mol. The van der Waals surface area contributed by atoms with E-state index in [0.29, 0.717) is 43.6 Å². The molecule has 2 atom stereocenters. The van der Waals surface area contributed by atoms with Crippen molar-refractivity contribution in [3.63, 3.8) is 0 Å². The van der Waals surface area contributed by atoms with Gasteiger partial charge in [-0.3, -0.25) is 15.1 Å². The number of hydrogen-bond acceptors (Lipinski definition) is 5. The number of hydrogen-bond donors (Lipinski definition) is 1. The van der Waals surface area contributed by atoms with Crippen molar-refractivity contribution in [2.75, 3.05) is 26.2 Å². The molecule has 0 spiro atoms. The molecule has 0 bridgehead atoms. The number of guanidine groups is 1. The first-order chi connectivity index (χ1) is 14.5. The van der Waals surface area contributed by atoms with E-state index in [1.54, 1.807) is 5.01 Å². The summed E-state index contributed by atoms with van der Waals surface area (Å²) in [7, 11) is 0. The molecule has 3 rings (SSSR count). The maximum Gasteiger partial charge on any atom is 0.228 e. The van der Waals surface area contributed by atoms with Gasteiger partial charge < -0.3 is 9.64 Å². The Balaban J connectivity index is 1.84. The molecule has 0 saturated carbocycles. The Labute approximate surface area is 182 Å². The highest BCUT2D eigenvalue weighted by Gasteiger charge is 2.38. The summed E-state index contributed by atoms with van der Waals surface area (Å²) in [5, 5.41) is 18.9. The molecule has 1 amide bonds. The number of nitriles is 1. The minimum Gasteiger partial charge on any atom is -0.379 e. The third kappa shape index (κ3) is 5.29. The van der Waals surface area contributed by atoms with Gasteiger partial charge in [0.05, 0.1) is 24.4 Å². The fourth-order valence-electron chi connectivity index (χ4n) is 3.69. The highest BCUT2D eigenvalue weighted by molar-refractivity contribution is 6.30. The molecule has 2 aliphatic rings. The Morgan fingerprint density at radius 2 is 2.23 bits per heavy atom. The minimum atomic E-state index is -0.200. The zero-order valence-corrected chi connectivity index (χ0v) is 18.1. The quantitative estimate of drug-likeness (QED) is 0.310. The highest BCUT2D eigenvalue weighted by atomic mass is 35.5. The number of hydrazone groups is 1. The van der Waals surface area contributed by atoms with Crippen molar-refractivity contribution in [1.82, 2.24) is 15.2 Å². The lowest BCUT2D eigenvalue weighted by Crippen LogP contribution is -2.45. The predicted molar refractivity (Wildman–Crippen MR) is 116 cm³/mol. The average Bonchev–Trinajstić information content (AvgIpc) is 3.34. The number of nitrogens with one attached hydrogen (secondary N) is 1. The van der Waals surface area contributed by atoms with Crippen LogP contribution in [-0.2, 0) is 9.53 Å². The summed E-state index contributed by atoms with van der Waals surface area (Å²) in [5.74, 6) is 0.502. The molecular formula is C21H27ClN6O2. The third-order valence-electron chi connectivity index (χ3n) is 5.18. The molecule has 1 saturated heterocycles. The Morgan fingerprint density at radius 1 is 1.47 bits per heavy atom. The van der Waals surface area contributed by atoms with Crippen LogP contribution >= 0.6 is 11.6 Å². The van der Waals surface area contributed by atoms with Crippen LogP contribution in [-0.4, -0.2) is 65.9 Å². The standard InChI is InChI=1S/C21H27ClN6O2/c1-3-30-15(2)10-11-24-21(25-14-23)28-13-18(27-12-4-5-19(27)29)20(26-28)16-6-8-17(22)9-7-16/h6-9,15,18H,3-5,10-13H2,1-2H3,(H,24,25). The van der Waals surface area contributed by atoms with E-state index in [0.717, 1.165) is 24.1 Å². The number of halogens is 1. The lowest BCUT2D eigenvalue weighted by Gasteiger charge is -2.25. The maximum atomic E-state index is 12.4. The molecule has 0 aliphatic carbocycles. The number of amides is 1. The topological polar surface area (TPSA) is 93.3 Å². The van der Waals surface area contributed by atoms with E-state index < -0.39 is 0 Å². The predicted octanol–water partition coefficient (Wildman–Crippen LogP) is 2.59. The lowest BCUT2D eigenvalue weighted by atomic mass is 10.0. The number of nitrogens with zero attached hydrogens (tertiary/aromatic N) is 5. The summed E-state index contributed by atoms with van der Waals surface area (Å²) >= 11 is 6.04. The van der Waals surface area contributed by atoms with Crippen LogP contribution in [0.4, 0.5) is 0 Å². The average molecular weight is 431 g/mol. The second-order valence-electron chi connectivity index (χ2n) is 7.28. The molecule has 1 aromatic carbocycles. The van der Waals surface area contributed by atoms with E-state index in [4.69, 9.17) is 21.4 Å². The number of carbonyl (C=O) groups is 1. The fourth-order valence-corrected chi connectivity index (χ4v) is 3.82. The molecule has 0 radical (unpaired) electrons. The summed E-state index contributed by atoms with van der Waals surface area (Å²) in [6.45, 7) is 6.26. The zero-order chi connectivity index (χ0) is 21.5. The molecule has 8 nitrogen and oxygen atoms in total. The Bertz CT molecular complexity index is 848. The molecule has 2 unspecified atom stereocenters. The molecule has 2 aliphatic heterocycles. The van der Waals surface area contributed by atoms with Crippen LogP contribution in [0.5, 0.6) is 0 Å². The van der Waals surface area contributed by atoms with E-state index >= 15 is 0 Å². The first kappa shape index (κ1) is 22.1. The molecular weight excluding hydrogens is 404 g/mol. The Morgan fingerprint density at radius 3 is 2.87 bits per heavy atom. The number of ether oxygens (including phenoxy) is 1. The van der Waals surface area contributed by atoms with Gasteiger partial charge in [0.25, 0.3) is 0 Å². The highest BCUT2D eigenvalue weighted by Crippen LogP contribution is 2.24. The van der Waals surface area contributed by atoms with Crippen molar-refractivity contribution < 1.29 is 9.53 Å². The first-order valence-corrected chi connectivity index (χ1v) is 10.6. The van der Waals surface area contributed by atoms with Crippen LogP contribution in [0.1, 0.15) is 38.7 Å². The fraction of sp³-hybridized carbons (Fsp3) is 0.524. The summed E-state index contributed by atoms with van der Waals surface area (Å²) in [6, 6.07) is 7.22. The minimum absolute atomic E-state index is 0.0868. The van der Waals surface area contributed by atoms with Gasteiger partial charge in [0.15, 0.2) is 6.19 Å². The molecule has 1 fully saturated rings. The third-order valence-corrected chi connectivity index (χ3v) is 5.43. The van der Waals surface area contributed by atoms with Crippen LogP contribution in [0.2, 0.25) is 5.02 Å². The lowest BCUT2D eigenvalue weighted by molar-refractivity contribution is -0.128. The largest absolute Gasteiger partial charge is 0.379 e. The van der Waals surface area contributed by atoms with Crippen LogP contribution in [0, 0.1) is 11.5 Å². The van der Waals surface area contributed by atoms with Gasteiger partial charge in [-0.2, -0.15) is 10.4 Å². The van der Waals surface area contributed by atoms with Gasteiger partial charge in [0.1, 0.15) is 0 Å². The van der Waals surface area contributed by atoms with E-state index in [-0.39, 0.29) is 18.1 Å². The molecule has 30 heavy (non-hydrogen) atoms. The van der Waals surface area contributed by atoms with Crippen molar-refractivity contribution in [2.24, 2.45) is 10.1 Å². The van der Waals surface area contributed by atoms with E-state index in [1.165, 1.54) is 0 Å². The summed E-state index contributed by atoms with van der Waals surface area (Å²) in [6.07, 6.45) is 4.16. The normalized spacial score (nSPS) is 20.3. The second-order valence-corrected chi connectivity index (χ2v) is 7.71. The van der Waals surface area contributed by atoms with Crippen molar-refractivity contribution in [3.05, 3.63) is 34.9 Å². The van der Waals surface area contributed by atoms with Crippen molar-refractivity contribution in [2.45, 2.75) is 45.3 Å². The number of aliphatic imine (C=N–C) groups is 1. The van der Waals surface area contributed by atoms with Gasteiger partial charge in [-0.15, -0.1) is 0 Å². The van der Waals surface area contributed by atoms with Gasteiger partial charge in [-0.25, -0.2) is 5.01 Å². The summed E-state index contributed by atoms with van der Waals surface area (Å²) < 4.78 is 5.54. The van der Waals surface area contributed by atoms with Crippen molar-refractivity contribution in [3.8, 4) is 6.19 Å². The van der Waals surface area contributed by atoms with Crippen LogP contribution in [0.25, 0.3) is 0 Å². The Kier molecular flexibility index (Phi) is 7.66. The van der Waals surface area contributed by atoms with Gasteiger partial charge in [-0.05, 0) is 38.8 Å². The number of carbonyl (C=O) groups excluding carboxylic acids is 1. The number of benzene rings is 1. The zero-order valence-electron chi connectivity index (χ0n) is 17.3. The van der Waals surface area contributed by atoms with Gasteiger partial charge in [0, 0.05) is 36.7 Å². The number of likely N-dealkylation sites (tertiary alicyclic amines) is 1. The van der Waals surface area contributed by atoms with E-state index in [9.17, 15) is 10.1 Å². The molecule has 1 N–H and O–H groups in total. The van der Waals surface area contributed by atoms with Crippen LogP contribution in [0.3, 0.4) is 0 Å². The molecule has 160 valence electrons. The van der Waals surface area contributed by atoms with E-state index in [2.05, 4.69) is 10.3 Å². The number of rotatable bonds is 7.